The molecule has 0 aromatic heterocycles. The van der Waals surface area contributed by atoms with Crippen LogP contribution in [0.5, 0.6) is 11.5 Å². The molecule has 2 heterocycles. The summed E-state index contributed by atoms with van der Waals surface area (Å²) < 4.78 is 10.7. The predicted octanol–water partition coefficient (Wildman–Crippen LogP) is 2.64. The fourth-order valence-corrected chi connectivity index (χ4v) is 4.06. The highest BCUT2D eigenvalue weighted by Gasteiger charge is 2.38. The van der Waals surface area contributed by atoms with Gasteiger partial charge in [0.1, 0.15) is 11.5 Å². The van der Waals surface area contributed by atoms with Gasteiger partial charge in [-0.3, -0.25) is 9.59 Å². The second-order valence-corrected chi connectivity index (χ2v) is 7.22. The van der Waals surface area contributed by atoms with Crippen molar-refractivity contribution in [3.8, 4) is 11.5 Å². The van der Waals surface area contributed by atoms with Gasteiger partial charge in [0.15, 0.2) is 0 Å². The van der Waals surface area contributed by atoms with E-state index in [2.05, 4.69) is 12.1 Å². The Hall–Kier alpha value is -3.02. The molecular formula is C22H24N2O4. The molecule has 28 heavy (non-hydrogen) atoms. The number of carbonyl (C=O) groups excluding carboxylic acids is 2. The van der Waals surface area contributed by atoms with Crippen LogP contribution >= 0.6 is 0 Å². The van der Waals surface area contributed by atoms with Crippen LogP contribution in [0.15, 0.2) is 42.5 Å². The zero-order chi connectivity index (χ0) is 19.7. The maximum Gasteiger partial charge on any atom is 0.228 e. The first-order valence-corrected chi connectivity index (χ1v) is 9.48. The van der Waals surface area contributed by atoms with Crippen LogP contribution in [0.25, 0.3) is 0 Å². The lowest BCUT2D eigenvalue weighted by atomic mass is 9.98. The first-order valence-electron chi connectivity index (χ1n) is 9.48. The molecular weight excluding hydrogens is 356 g/mol. The fraction of sp³-hybridized carbons (Fsp3) is 0.364. The van der Waals surface area contributed by atoms with Crippen LogP contribution in [-0.4, -0.2) is 44.0 Å². The summed E-state index contributed by atoms with van der Waals surface area (Å²) in [5.41, 5.74) is 3.14. The van der Waals surface area contributed by atoms with E-state index in [1.807, 2.05) is 17.0 Å². The molecule has 0 aliphatic carbocycles. The number of fused-ring (bicyclic) bond motifs is 1. The molecule has 0 spiro atoms. The molecule has 0 N–H and O–H groups in total. The Morgan fingerprint density at radius 3 is 2.61 bits per heavy atom. The van der Waals surface area contributed by atoms with Gasteiger partial charge in [-0.1, -0.05) is 24.3 Å². The van der Waals surface area contributed by atoms with E-state index >= 15 is 0 Å². The van der Waals surface area contributed by atoms with E-state index in [4.69, 9.17) is 9.47 Å². The second-order valence-electron chi connectivity index (χ2n) is 7.22. The first kappa shape index (κ1) is 18.3. The Bertz CT molecular complexity index is 911. The molecule has 1 fully saturated rings. The van der Waals surface area contributed by atoms with Crippen molar-refractivity contribution in [2.45, 2.75) is 19.4 Å². The molecule has 0 radical (unpaired) electrons. The minimum Gasteiger partial charge on any atom is -0.497 e. The lowest BCUT2D eigenvalue weighted by molar-refractivity contribution is -0.136. The highest BCUT2D eigenvalue weighted by molar-refractivity contribution is 6.01. The standard InChI is InChI=1S/C22H24N2O4/c1-27-18-7-8-20(28-2)19(12-18)24-14-17(11-21(24)25)22(26)23-10-9-15-5-3-4-6-16(15)13-23/h3-8,12,17H,9-11,13-14H2,1-2H3. The number of hydrogen-bond donors (Lipinski definition) is 0. The third-order valence-electron chi connectivity index (χ3n) is 5.59. The number of nitrogens with zero attached hydrogens (tertiary/aromatic N) is 2. The van der Waals surface area contributed by atoms with Crippen molar-refractivity contribution in [2.75, 3.05) is 32.2 Å². The molecule has 2 amide bonds. The molecule has 146 valence electrons. The molecule has 0 saturated carbocycles. The molecule has 6 nitrogen and oxygen atoms in total. The van der Waals surface area contributed by atoms with E-state index in [0.29, 0.717) is 36.8 Å². The van der Waals surface area contributed by atoms with Crippen molar-refractivity contribution < 1.29 is 19.1 Å². The lowest BCUT2D eigenvalue weighted by Gasteiger charge is -2.30. The van der Waals surface area contributed by atoms with Crippen LogP contribution in [0, 0.1) is 5.92 Å². The number of hydrogen-bond acceptors (Lipinski definition) is 4. The molecule has 2 aromatic carbocycles. The van der Waals surface area contributed by atoms with Crippen LogP contribution in [0.4, 0.5) is 5.69 Å². The largest absolute Gasteiger partial charge is 0.497 e. The Balaban J connectivity index is 1.52. The Morgan fingerprint density at radius 1 is 1.07 bits per heavy atom. The van der Waals surface area contributed by atoms with Gasteiger partial charge >= 0.3 is 0 Å². The number of carbonyl (C=O) groups is 2. The predicted molar refractivity (Wildman–Crippen MR) is 106 cm³/mol. The summed E-state index contributed by atoms with van der Waals surface area (Å²) in [5.74, 6) is 0.878. The molecule has 1 saturated heterocycles. The highest BCUT2D eigenvalue weighted by atomic mass is 16.5. The zero-order valence-electron chi connectivity index (χ0n) is 16.2. The number of amides is 2. The number of methoxy groups -OCH3 is 2. The maximum absolute atomic E-state index is 13.1. The van der Waals surface area contributed by atoms with E-state index < -0.39 is 0 Å². The van der Waals surface area contributed by atoms with E-state index in [1.165, 1.54) is 11.1 Å². The van der Waals surface area contributed by atoms with Crippen LogP contribution in [0.2, 0.25) is 0 Å². The third-order valence-corrected chi connectivity index (χ3v) is 5.59. The van der Waals surface area contributed by atoms with Gasteiger partial charge in [0.25, 0.3) is 0 Å². The Morgan fingerprint density at radius 2 is 1.86 bits per heavy atom. The van der Waals surface area contributed by atoms with Gasteiger partial charge in [0, 0.05) is 32.1 Å². The molecule has 2 aromatic rings. The summed E-state index contributed by atoms with van der Waals surface area (Å²) in [5, 5.41) is 0. The quantitative estimate of drug-likeness (QED) is 0.818. The topological polar surface area (TPSA) is 59.1 Å². The van der Waals surface area contributed by atoms with Crippen LogP contribution in [-0.2, 0) is 22.6 Å². The molecule has 6 heteroatoms. The van der Waals surface area contributed by atoms with Crippen molar-refractivity contribution in [3.63, 3.8) is 0 Å². The third kappa shape index (κ3) is 3.30. The number of ether oxygens (including phenoxy) is 2. The average Bonchev–Trinajstić information content (AvgIpc) is 3.13. The monoisotopic (exact) mass is 380 g/mol. The normalized spacial score (nSPS) is 18.8. The second kappa shape index (κ2) is 7.54. The van der Waals surface area contributed by atoms with Crippen molar-refractivity contribution >= 4 is 17.5 Å². The van der Waals surface area contributed by atoms with E-state index in [9.17, 15) is 9.59 Å². The van der Waals surface area contributed by atoms with Crippen molar-refractivity contribution in [2.24, 2.45) is 5.92 Å². The van der Waals surface area contributed by atoms with Gasteiger partial charge in [-0.15, -0.1) is 0 Å². The van der Waals surface area contributed by atoms with Crippen LogP contribution in [0.1, 0.15) is 17.5 Å². The van der Waals surface area contributed by atoms with Crippen molar-refractivity contribution in [1.29, 1.82) is 0 Å². The number of anilines is 1. The average molecular weight is 380 g/mol. The smallest absolute Gasteiger partial charge is 0.228 e. The van der Waals surface area contributed by atoms with Gasteiger partial charge in [0.2, 0.25) is 11.8 Å². The van der Waals surface area contributed by atoms with Gasteiger partial charge in [-0.2, -0.15) is 0 Å². The summed E-state index contributed by atoms with van der Waals surface area (Å²) >= 11 is 0. The summed E-state index contributed by atoms with van der Waals surface area (Å²) in [6.45, 7) is 1.67. The summed E-state index contributed by atoms with van der Waals surface area (Å²) in [4.78, 5) is 29.3. The molecule has 2 aliphatic rings. The van der Waals surface area contributed by atoms with E-state index in [0.717, 1.165) is 6.42 Å². The zero-order valence-corrected chi connectivity index (χ0v) is 16.2. The molecule has 1 unspecified atom stereocenters. The minimum absolute atomic E-state index is 0.0483. The first-order chi connectivity index (χ1) is 13.6. The Kier molecular flexibility index (Phi) is 4.94. The van der Waals surface area contributed by atoms with Gasteiger partial charge in [-0.05, 0) is 29.7 Å². The maximum atomic E-state index is 13.1. The molecule has 2 aliphatic heterocycles. The van der Waals surface area contributed by atoms with E-state index in [-0.39, 0.29) is 24.2 Å². The lowest BCUT2D eigenvalue weighted by Crippen LogP contribution is -2.40. The molecule has 4 rings (SSSR count). The number of rotatable bonds is 4. The summed E-state index contributed by atoms with van der Waals surface area (Å²) in [7, 11) is 3.15. The molecule has 0 bridgehead atoms. The molecule has 1 atom stereocenters. The van der Waals surface area contributed by atoms with Crippen molar-refractivity contribution in [3.05, 3.63) is 53.6 Å². The minimum atomic E-state index is -0.339. The van der Waals surface area contributed by atoms with Crippen LogP contribution < -0.4 is 14.4 Å². The van der Waals surface area contributed by atoms with Crippen molar-refractivity contribution in [1.82, 2.24) is 4.90 Å². The summed E-state index contributed by atoms with van der Waals surface area (Å²) in [6.07, 6.45) is 1.08. The van der Waals surface area contributed by atoms with Gasteiger partial charge < -0.3 is 19.3 Å². The fourth-order valence-electron chi connectivity index (χ4n) is 4.06. The number of benzene rings is 2. The van der Waals surface area contributed by atoms with E-state index in [1.54, 1.807) is 37.3 Å². The van der Waals surface area contributed by atoms with Gasteiger partial charge in [-0.25, -0.2) is 0 Å². The SMILES string of the molecule is COc1ccc(OC)c(N2CC(C(=O)N3CCc4ccccc4C3)CC2=O)c1. The summed E-state index contributed by atoms with van der Waals surface area (Å²) in [6, 6.07) is 13.6. The Labute approximate surface area is 164 Å². The highest BCUT2D eigenvalue weighted by Crippen LogP contribution is 2.36. The van der Waals surface area contributed by atoms with Gasteiger partial charge in [0.05, 0.1) is 25.8 Å². The van der Waals surface area contributed by atoms with Crippen LogP contribution in [0.3, 0.4) is 0 Å².